The van der Waals surface area contributed by atoms with Gasteiger partial charge in [0.05, 0.1) is 16.4 Å². The van der Waals surface area contributed by atoms with Crippen LogP contribution in [0.25, 0.3) is 10.2 Å². The van der Waals surface area contributed by atoms with Gasteiger partial charge in [-0.2, -0.15) is 26.3 Å². The van der Waals surface area contributed by atoms with Crippen molar-refractivity contribution in [2.45, 2.75) is 32.7 Å². The van der Waals surface area contributed by atoms with Gasteiger partial charge in [0.25, 0.3) is 5.91 Å². The third-order valence-electron chi connectivity index (χ3n) is 4.35. The average Bonchev–Trinajstić information content (AvgIpc) is 3.13. The molecule has 2 heterocycles. The number of aromatic nitrogens is 1. The quantitative estimate of drug-likeness (QED) is 0.282. The van der Waals surface area contributed by atoms with Crippen LogP contribution in [0.4, 0.5) is 40.8 Å². The number of fused-ring (bicyclic) bond motifs is 1. The molecule has 8 nitrogen and oxygen atoms in total. The van der Waals surface area contributed by atoms with Crippen LogP contribution in [-0.4, -0.2) is 45.4 Å². The van der Waals surface area contributed by atoms with Gasteiger partial charge in [0, 0.05) is 11.9 Å². The Bertz CT molecular complexity index is 1370. The predicted molar refractivity (Wildman–Crippen MR) is 123 cm³/mol. The number of halogens is 9. The Kier molecular flexibility index (Phi) is 11.0. The molecule has 5 N–H and O–H groups in total. The number of anilines is 1. The molecule has 0 unspecified atom stereocenters. The lowest BCUT2D eigenvalue weighted by Crippen LogP contribution is -2.22. The lowest BCUT2D eigenvalue weighted by molar-refractivity contribution is -0.193. The highest BCUT2D eigenvalue weighted by Crippen LogP contribution is 2.38. The van der Waals surface area contributed by atoms with Crippen LogP contribution in [0.15, 0.2) is 18.2 Å². The van der Waals surface area contributed by atoms with Crippen molar-refractivity contribution in [2.75, 3.05) is 5.73 Å². The van der Waals surface area contributed by atoms with Gasteiger partial charge in [-0.05, 0) is 37.1 Å². The first-order valence-corrected chi connectivity index (χ1v) is 11.0. The van der Waals surface area contributed by atoms with Gasteiger partial charge in [-0.25, -0.2) is 23.4 Å². The molecule has 0 saturated carbocycles. The molecule has 0 radical (unpaired) electrons. The number of aryl methyl sites for hydroxylation is 2. The maximum absolute atomic E-state index is 13.2. The third-order valence-corrected chi connectivity index (χ3v) is 6.00. The number of hydrogen-bond acceptors (Lipinski definition) is 6. The molecule has 3 aromatic rings. The number of alkyl halides is 6. The second kappa shape index (κ2) is 12.9. The third kappa shape index (κ3) is 9.20. The molecule has 0 saturated heterocycles. The number of thiophene rings is 1. The molecule has 0 bridgehead atoms. The summed E-state index contributed by atoms with van der Waals surface area (Å²) < 4.78 is 89.6. The Balaban J connectivity index is 0.000000449. The summed E-state index contributed by atoms with van der Waals surface area (Å²) >= 11 is 7.38. The van der Waals surface area contributed by atoms with Crippen LogP contribution in [0, 0.1) is 25.5 Å². The molecule has 0 spiro atoms. The first-order valence-electron chi connectivity index (χ1n) is 9.85. The fourth-order valence-corrected chi connectivity index (χ4v) is 3.79. The van der Waals surface area contributed by atoms with Crippen molar-refractivity contribution in [1.82, 2.24) is 10.3 Å². The van der Waals surface area contributed by atoms with Crippen LogP contribution in [-0.2, 0) is 16.1 Å². The molecule has 18 heteroatoms. The second-order valence-corrected chi connectivity index (χ2v) is 8.58. The van der Waals surface area contributed by atoms with Gasteiger partial charge < -0.3 is 21.3 Å². The van der Waals surface area contributed by atoms with Crippen LogP contribution in [0.1, 0.15) is 26.5 Å². The zero-order valence-corrected chi connectivity index (χ0v) is 21.0. The van der Waals surface area contributed by atoms with Crippen LogP contribution in [0.2, 0.25) is 5.02 Å². The molecule has 0 fully saturated rings. The van der Waals surface area contributed by atoms with Crippen molar-refractivity contribution in [3.63, 3.8) is 0 Å². The Morgan fingerprint density at radius 3 is 1.92 bits per heavy atom. The van der Waals surface area contributed by atoms with Crippen molar-refractivity contribution in [1.29, 1.82) is 0 Å². The van der Waals surface area contributed by atoms with E-state index in [-0.39, 0.29) is 6.54 Å². The minimum atomic E-state index is -5.08. The van der Waals surface area contributed by atoms with Crippen molar-refractivity contribution in [2.24, 2.45) is 0 Å². The maximum atomic E-state index is 13.2. The molecule has 1 aromatic carbocycles. The average molecular weight is 610 g/mol. The SMILES string of the molecule is Cc1nc2sc(C(=O)NCc3ccc(F)c(F)c3)c(N)c2c(C)c1Cl.O=C(O)C(F)(F)F.O=C(O)C(F)(F)F. The molecular weight excluding hydrogens is 594 g/mol. The number of nitrogens with one attached hydrogen (secondary N) is 1. The summed E-state index contributed by atoms with van der Waals surface area (Å²) in [5.74, 6) is -7.81. The van der Waals surface area contributed by atoms with Gasteiger partial charge in [-0.15, -0.1) is 11.3 Å². The zero-order valence-electron chi connectivity index (χ0n) is 19.4. The molecule has 39 heavy (non-hydrogen) atoms. The molecule has 0 atom stereocenters. The Morgan fingerprint density at radius 2 is 1.49 bits per heavy atom. The van der Waals surface area contributed by atoms with E-state index in [1.807, 2.05) is 6.92 Å². The van der Waals surface area contributed by atoms with Crippen molar-refractivity contribution in [3.8, 4) is 0 Å². The molecule has 0 aliphatic heterocycles. The number of rotatable bonds is 3. The van der Waals surface area contributed by atoms with Crippen LogP contribution in [0.5, 0.6) is 0 Å². The zero-order chi connectivity index (χ0) is 30.5. The first-order chi connectivity index (χ1) is 17.7. The van der Waals surface area contributed by atoms with E-state index in [4.69, 9.17) is 37.1 Å². The van der Waals surface area contributed by atoms with E-state index < -0.39 is 41.8 Å². The summed E-state index contributed by atoms with van der Waals surface area (Å²) in [7, 11) is 0. The number of benzene rings is 1. The highest BCUT2D eigenvalue weighted by molar-refractivity contribution is 7.21. The number of carboxylic acids is 2. The number of carbonyl (C=O) groups excluding carboxylic acids is 1. The number of amides is 1. The number of nitrogens with two attached hydrogens (primary N) is 1. The van der Waals surface area contributed by atoms with E-state index in [2.05, 4.69) is 10.3 Å². The van der Waals surface area contributed by atoms with Gasteiger partial charge in [-0.3, -0.25) is 4.79 Å². The van der Waals surface area contributed by atoms with E-state index >= 15 is 0 Å². The van der Waals surface area contributed by atoms with Crippen molar-refractivity contribution < 1.29 is 59.7 Å². The Hall–Kier alpha value is -3.73. The van der Waals surface area contributed by atoms with Gasteiger partial charge in [0.15, 0.2) is 11.6 Å². The van der Waals surface area contributed by atoms with E-state index in [1.54, 1.807) is 6.92 Å². The van der Waals surface area contributed by atoms with Gasteiger partial charge in [0.1, 0.15) is 9.71 Å². The monoisotopic (exact) mass is 609 g/mol. The highest BCUT2D eigenvalue weighted by atomic mass is 35.5. The number of carboxylic acid groups (broad SMARTS) is 2. The Morgan fingerprint density at radius 1 is 1.00 bits per heavy atom. The smallest absolute Gasteiger partial charge is 0.475 e. The Labute approximate surface area is 222 Å². The highest BCUT2D eigenvalue weighted by Gasteiger charge is 2.38. The summed E-state index contributed by atoms with van der Waals surface area (Å²) in [5.41, 5.74) is 8.32. The fraction of sp³-hybridized carbons (Fsp3) is 0.238. The topological polar surface area (TPSA) is 143 Å². The summed E-state index contributed by atoms with van der Waals surface area (Å²) in [5, 5.41) is 18.1. The molecular formula is C21H16ClF8N3O5S. The molecule has 3 rings (SSSR count). The molecule has 0 aliphatic carbocycles. The number of nitrogen functional groups attached to an aromatic ring is 1. The van der Waals surface area contributed by atoms with Crippen LogP contribution >= 0.6 is 22.9 Å². The van der Waals surface area contributed by atoms with Crippen LogP contribution < -0.4 is 11.1 Å². The molecule has 2 aromatic heterocycles. The number of hydrogen-bond donors (Lipinski definition) is 4. The van der Waals surface area contributed by atoms with Crippen LogP contribution in [0.3, 0.4) is 0 Å². The number of carbonyl (C=O) groups is 3. The lowest BCUT2D eigenvalue weighted by atomic mass is 10.1. The first kappa shape index (κ1) is 33.3. The van der Waals surface area contributed by atoms with Gasteiger partial charge >= 0.3 is 24.3 Å². The number of nitrogens with zero attached hydrogens (tertiary/aromatic N) is 1. The number of pyridine rings is 1. The van der Waals surface area contributed by atoms with Crippen molar-refractivity contribution >= 4 is 56.7 Å². The normalized spacial score (nSPS) is 11.2. The maximum Gasteiger partial charge on any atom is 0.490 e. The summed E-state index contributed by atoms with van der Waals surface area (Å²) in [6.07, 6.45) is -10.2. The summed E-state index contributed by atoms with van der Waals surface area (Å²) in [6, 6.07) is 3.46. The minimum absolute atomic E-state index is 0.0515. The number of aliphatic carboxylic acids is 2. The molecule has 1 amide bonds. The summed E-state index contributed by atoms with van der Waals surface area (Å²) in [6.45, 7) is 3.66. The van der Waals surface area contributed by atoms with E-state index in [0.29, 0.717) is 37.1 Å². The lowest BCUT2D eigenvalue weighted by Gasteiger charge is -2.06. The van der Waals surface area contributed by atoms with Gasteiger partial charge in [0.2, 0.25) is 0 Å². The minimum Gasteiger partial charge on any atom is -0.475 e. The van der Waals surface area contributed by atoms with E-state index in [0.717, 1.165) is 17.7 Å². The van der Waals surface area contributed by atoms with Crippen molar-refractivity contribution in [3.05, 3.63) is 56.6 Å². The standard InChI is InChI=1S/C17H14ClF2N3OS.2C2HF3O2/c1-7-12-14(21)15(25-17(12)23-8(2)13(7)18)16(24)22-6-9-3-4-10(19)11(20)5-9;2*3-2(4,5)1(6)7/h3-5H,6,21H2,1-2H3,(H,22,24);2*(H,6,7). The van der Waals surface area contributed by atoms with E-state index in [1.165, 1.54) is 17.4 Å². The fourth-order valence-electron chi connectivity index (χ4n) is 2.54. The van der Waals surface area contributed by atoms with E-state index in [9.17, 15) is 39.9 Å². The summed E-state index contributed by atoms with van der Waals surface area (Å²) in [4.78, 5) is 35.5. The van der Waals surface area contributed by atoms with Gasteiger partial charge in [-0.1, -0.05) is 17.7 Å². The molecule has 214 valence electrons. The molecule has 0 aliphatic rings. The predicted octanol–water partition coefficient (Wildman–Crippen LogP) is 5.62. The largest absolute Gasteiger partial charge is 0.490 e. The second-order valence-electron chi connectivity index (χ2n) is 7.20.